The van der Waals surface area contributed by atoms with E-state index >= 15 is 8.78 Å². The summed E-state index contributed by atoms with van der Waals surface area (Å²) in [5.41, 5.74) is 23.4. The summed E-state index contributed by atoms with van der Waals surface area (Å²) in [6, 6.07) is 124. The zero-order valence-electron chi connectivity index (χ0n) is 59.5. The maximum Gasteiger partial charge on any atom is 0.137 e. The second kappa shape index (κ2) is 26.3. The molecule has 0 N–H and O–H groups in total. The van der Waals surface area contributed by atoms with Gasteiger partial charge < -0.3 is 28.1 Å². The van der Waals surface area contributed by atoms with Gasteiger partial charge >= 0.3 is 0 Å². The maximum atomic E-state index is 15.4. The summed E-state index contributed by atoms with van der Waals surface area (Å²) in [7, 11) is 0. The summed E-state index contributed by atoms with van der Waals surface area (Å²) in [5, 5.41) is 3.96. The van der Waals surface area contributed by atoms with Crippen LogP contribution in [0.3, 0.4) is 0 Å². The fourth-order valence-electron chi connectivity index (χ4n) is 17.3. The van der Waals surface area contributed by atoms with Gasteiger partial charge in [0.2, 0.25) is 0 Å². The number of para-hydroxylation sites is 2. The van der Waals surface area contributed by atoms with Crippen molar-refractivity contribution in [1.82, 2.24) is 0 Å². The van der Waals surface area contributed by atoms with Crippen molar-refractivity contribution in [3.63, 3.8) is 0 Å². The normalized spacial score (nSPS) is 14.6. The molecule has 16 aromatic carbocycles. The first-order valence-corrected chi connectivity index (χ1v) is 36.8. The summed E-state index contributed by atoms with van der Waals surface area (Å²) < 4.78 is 56.9. The van der Waals surface area contributed by atoms with Gasteiger partial charge in [-0.2, -0.15) is 0 Å². The van der Waals surface area contributed by atoms with Crippen molar-refractivity contribution < 1.29 is 27.1 Å². The minimum atomic E-state index is -0.894. The molecule has 6 nitrogen and oxygen atoms in total. The third-order valence-electron chi connectivity index (χ3n) is 22.2. The molecular weight excluding hydrogens is 1360 g/mol. The Morgan fingerprint density at radius 3 is 0.982 bits per heavy atom. The lowest BCUT2D eigenvalue weighted by molar-refractivity contribution is 0.482. The van der Waals surface area contributed by atoms with Gasteiger partial charge in [-0.15, -0.1) is 0 Å². The highest BCUT2D eigenvalue weighted by Gasteiger charge is 2.48. The third-order valence-corrected chi connectivity index (χ3v) is 22.2. The van der Waals surface area contributed by atoms with Gasteiger partial charge in [0.05, 0.1) is 33.0 Å². The Bertz CT molecular complexity index is 6220. The van der Waals surface area contributed by atoms with Gasteiger partial charge in [0, 0.05) is 33.5 Å². The SMILES string of the molecule is C=Cc1ccc(Oc2ccc(C3(c4ccc(F)cc4)c4ccccc4-c4ccc(N(c5ccc(-c6ccc(N(c7ccc8c(c7)C(c7ccc(F)cc7)(c7ccc(Oc9ccc(C=C)cc9)cc7)c7ccccc7-8)c7cccc8oc9ccccc9c78)cc6)cc5)c5cccc6oc7ccccc7c56)cc43)cc2)cc1. The Labute approximate surface area is 634 Å². The molecule has 0 spiro atoms. The Morgan fingerprint density at radius 1 is 0.282 bits per heavy atom. The Hall–Kier alpha value is -14.3. The summed E-state index contributed by atoms with van der Waals surface area (Å²) in [6.07, 6.45) is 3.63. The first-order valence-electron chi connectivity index (χ1n) is 36.8. The van der Waals surface area contributed by atoms with Crippen LogP contribution in [0, 0.1) is 11.6 Å². The Balaban J connectivity index is 0.716. The number of nitrogens with zero attached hydrogens (tertiary/aromatic N) is 2. The van der Waals surface area contributed by atoms with Crippen LogP contribution in [0.15, 0.2) is 386 Å². The summed E-state index contributed by atoms with van der Waals surface area (Å²) in [5.74, 6) is 2.18. The van der Waals surface area contributed by atoms with Crippen molar-refractivity contribution in [1.29, 1.82) is 0 Å². The minimum Gasteiger partial charge on any atom is -0.457 e. The molecule has 2 aliphatic carbocycles. The summed E-state index contributed by atoms with van der Waals surface area (Å²) >= 11 is 0. The molecule has 2 atom stereocenters. The lowest BCUT2D eigenvalue weighted by atomic mass is 9.67. The van der Waals surface area contributed by atoms with Crippen LogP contribution >= 0.6 is 0 Å². The summed E-state index contributed by atoms with van der Waals surface area (Å²) in [4.78, 5) is 4.69. The van der Waals surface area contributed by atoms with Gasteiger partial charge in [0.25, 0.3) is 0 Å². The molecule has 110 heavy (non-hydrogen) atoms. The van der Waals surface area contributed by atoms with Crippen molar-refractivity contribution in [2.75, 3.05) is 9.80 Å². The van der Waals surface area contributed by atoms with Crippen LogP contribution < -0.4 is 19.3 Å². The Kier molecular flexibility index (Phi) is 15.6. The van der Waals surface area contributed by atoms with Crippen LogP contribution in [-0.2, 0) is 10.8 Å². The van der Waals surface area contributed by atoms with E-state index in [1.807, 2.05) is 146 Å². The van der Waals surface area contributed by atoms with Crippen LogP contribution in [0.4, 0.5) is 42.9 Å². The lowest BCUT2D eigenvalue weighted by Crippen LogP contribution is -2.29. The van der Waals surface area contributed by atoms with Crippen LogP contribution in [-0.4, -0.2) is 0 Å². The van der Waals surface area contributed by atoms with Crippen molar-refractivity contribution in [2.45, 2.75) is 10.8 Å². The third kappa shape index (κ3) is 10.6. The van der Waals surface area contributed by atoms with Crippen molar-refractivity contribution in [2.24, 2.45) is 0 Å². The van der Waals surface area contributed by atoms with E-state index in [0.717, 1.165) is 167 Å². The topological polar surface area (TPSA) is 51.2 Å². The second-order valence-corrected chi connectivity index (χ2v) is 28.1. The van der Waals surface area contributed by atoms with E-state index in [0.29, 0.717) is 23.0 Å². The van der Waals surface area contributed by atoms with E-state index in [1.165, 1.54) is 0 Å². The van der Waals surface area contributed by atoms with Gasteiger partial charge in [-0.05, 0) is 247 Å². The molecule has 0 amide bonds. The van der Waals surface area contributed by atoms with Crippen molar-refractivity contribution >= 4 is 90.2 Å². The average molecular weight is 1420 g/mol. The zero-order valence-corrected chi connectivity index (χ0v) is 59.5. The van der Waals surface area contributed by atoms with Crippen molar-refractivity contribution in [3.8, 4) is 56.4 Å². The molecule has 0 bridgehead atoms. The number of hydrogen-bond acceptors (Lipinski definition) is 6. The van der Waals surface area contributed by atoms with Crippen LogP contribution in [0.25, 0.3) is 89.4 Å². The molecule has 18 aromatic rings. The van der Waals surface area contributed by atoms with Crippen LogP contribution in [0.2, 0.25) is 0 Å². The summed E-state index contributed by atoms with van der Waals surface area (Å²) in [6.45, 7) is 7.85. The average Bonchev–Trinajstić information content (AvgIpc) is 1.53. The predicted octanol–water partition coefficient (Wildman–Crippen LogP) is 28.0. The second-order valence-electron chi connectivity index (χ2n) is 28.1. The van der Waals surface area contributed by atoms with Crippen LogP contribution in [0.1, 0.15) is 55.6 Å². The molecule has 0 radical (unpaired) electrons. The highest BCUT2D eigenvalue weighted by atomic mass is 19.1. The standard InChI is InChI=1S/C102H66F2N2O4/c1-3-65-27-53-79(54-28-65)107-81-57-39-71(40-58-81)101(69-35-43-73(103)44-36-69)89-19-9-5-15-83(89)85-61-51-77(63-91(85)101)105(93-21-13-25-97-99(93)87-17-7-11-23-95(87)109-97)75-47-31-67(32-48-75)68-33-49-76(50-34-68)106(94-22-14-26-98-100(94)88-18-8-12-24-96(88)110-98)78-52-62-86-84-16-6-10-20-90(84)102(92(86)64-78,70-37-45-74(104)46-38-70)72-41-59-82(60-42-72)108-80-55-29-66(4-2)30-56-80/h3-64H,1-2H2. The molecule has 2 aliphatic rings. The van der Waals surface area contributed by atoms with E-state index < -0.39 is 10.8 Å². The molecule has 2 heterocycles. The van der Waals surface area contributed by atoms with E-state index in [4.69, 9.17) is 18.3 Å². The van der Waals surface area contributed by atoms with Crippen LogP contribution in [0.5, 0.6) is 23.0 Å². The number of hydrogen-bond donors (Lipinski definition) is 0. The monoisotopic (exact) mass is 1420 g/mol. The quantitative estimate of drug-likeness (QED) is 0.0906. The number of halogens is 2. The highest BCUT2D eigenvalue weighted by molar-refractivity contribution is 6.15. The van der Waals surface area contributed by atoms with Crippen molar-refractivity contribution in [3.05, 3.63) is 444 Å². The van der Waals surface area contributed by atoms with E-state index in [-0.39, 0.29) is 11.6 Å². The molecule has 2 unspecified atom stereocenters. The fraction of sp³-hybridized carbons (Fsp3) is 0.0196. The van der Waals surface area contributed by atoms with Gasteiger partial charge in [-0.3, -0.25) is 0 Å². The molecule has 522 valence electrons. The van der Waals surface area contributed by atoms with Gasteiger partial charge in [0.15, 0.2) is 0 Å². The number of fused-ring (bicyclic) bond motifs is 12. The first-order chi connectivity index (χ1) is 54.2. The van der Waals surface area contributed by atoms with E-state index in [9.17, 15) is 0 Å². The number of benzene rings is 16. The smallest absolute Gasteiger partial charge is 0.137 e. The van der Waals surface area contributed by atoms with E-state index in [1.54, 1.807) is 24.3 Å². The predicted molar refractivity (Wildman–Crippen MR) is 444 cm³/mol. The van der Waals surface area contributed by atoms with Gasteiger partial charge in [-0.1, -0.05) is 232 Å². The van der Waals surface area contributed by atoms with Gasteiger partial charge in [-0.25, -0.2) is 8.78 Å². The molecule has 0 aliphatic heterocycles. The molecule has 8 heteroatoms. The molecule has 0 saturated carbocycles. The maximum absolute atomic E-state index is 15.4. The number of ether oxygens (including phenoxy) is 2. The van der Waals surface area contributed by atoms with Gasteiger partial charge in [0.1, 0.15) is 57.0 Å². The Morgan fingerprint density at radius 2 is 0.600 bits per heavy atom. The molecular formula is C102H66F2N2O4. The molecule has 20 rings (SSSR count). The fourth-order valence-corrected chi connectivity index (χ4v) is 17.3. The number of anilines is 6. The highest BCUT2D eigenvalue weighted by Crippen LogP contribution is 2.60. The molecule has 2 aromatic heterocycles. The first kappa shape index (κ1) is 65.2. The molecule has 0 saturated heterocycles. The number of furan rings is 2. The minimum absolute atomic E-state index is 0.313. The molecule has 0 fully saturated rings. The largest absolute Gasteiger partial charge is 0.457 e. The van der Waals surface area contributed by atoms with E-state index in [2.05, 4.69) is 229 Å². The number of rotatable bonds is 17. The zero-order chi connectivity index (χ0) is 73.6. The lowest BCUT2D eigenvalue weighted by Gasteiger charge is -2.35.